The maximum Gasteiger partial charge on any atom is 0.306 e. The van der Waals surface area contributed by atoms with Crippen LogP contribution in [0.3, 0.4) is 0 Å². The fourth-order valence-electron chi connectivity index (χ4n) is 6.06. The SMILES string of the molecule is CCCCCCCCCCCC(=O)OC[C@H](O)COP(=O)([O-])OC[C@@H](COC(=O)CCCCCCCCCCC)OC(=O)CCCCCCCCCCC. The van der Waals surface area contributed by atoms with E-state index in [1.165, 1.54) is 96.3 Å². The Morgan fingerprint density at radius 1 is 0.463 bits per heavy atom. The molecule has 12 heteroatoms. The summed E-state index contributed by atoms with van der Waals surface area (Å²) in [6, 6.07) is 0. The Balaban J connectivity index is 4.59. The number of hydrogen-bond acceptors (Lipinski definition) is 11. The van der Waals surface area contributed by atoms with Gasteiger partial charge >= 0.3 is 17.9 Å². The van der Waals surface area contributed by atoms with Gasteiger partial charge in [-0.15, -0.1) is 0 Å². The summed E-state index contributed by atoms with van der Waals surface area (Å²) in [6.07, 6.45) is 28.0. The van der Waals surface area contributed by atoms with Crippen LogP contribution in [0.15, 0.2) is 0 Å². The van der Waals surface area contributed by atoms with E-state index in [1.807, 2.05) is 0 Å². The lowest BCUT2D eigenvalue weighted by molar-refractivity contribution is -0.230. The van der Waals surface area contributed by atoms with Gasteiger partial charge in [0.15, 0.2) is 6.10 Å². The van der Waals surface area contributed by atoms with E-state index in [-0.39, 0.29) is 25.9 Å². The number of phosphoric acid groups is 1. The Hall–Kier alpha value is -1.52. The van der Waals surface area contributed by atoms with Crippen molar-refractivity contribution in [2.45, 2.75) is 226 Å². The normalized spacial score (nSPS) is 13.6. The Morgan fingerprint density at radius 3 is 1.17 bits per heavy atom. The number of carbonyl (C=O) groups excluding carboxylic acids is 3. The summed E-state index contributed by atoms with van der Waals surface area (Å²) in [5, 5.41) is 10.1. The molecule has 0 heterocycles. The minimum atomic E-state index is -4.94. The van der Waals surface area contributed by atoms with Crippen LogP contribution in [-0.4, -0.2) is 61.6 Å². The van der Waals surface area contributed by atoms with Crippen LogP contribution in [0.1, 0.15) is 213 Å². The number of hydrogen-bond donors (Lipinski definition) is 1. The van der Waals surface area contributed by atoms with Crippen LogP contribution in [0.25, 0.3) is 0 Å². The van der Waals surface area contributed by atoms with Crippen LogP contribution in [0.2, 0.25) is 0 Å². The van der Waals surface area contributed by atoms with Crippen molar-refractivity contribution in [3.8, 4) is 0 Å². The van der Waals surface area contributed by atoms with E-state index >= 15 is 0 Å². The van der Waals surface area contributed by atoms with E-state index in [0.29, 0.717) is 19.3 Å². The van der Waals surface area contributed by atoms with Gasteiger partial charge in [-0.05, 0) is 19.3 Å². The maximum atomic E-state index is 12.6. The van der Waals surface area contributed by atoms with Crippen molar-refractivity contribution in [3.63, 3.8) is 0 Å². The zero-order chi connectivity index (χ0) is 40.0. The summed E-state index contributed by atoms with van der Waals surface area (Å²) in [5.74, 6) is -1.43. The van der Waals surface area contributed by atoms with E-state index in [1.54, 1.807) is 0 Å². The fourth-order valence-corrected chi connectivity index (χ4v) is 6.84. The standard InChI is InChI=1S/C42H81O11P/c1-4-7-10-13-16-19-22-25-28-31-40(44)49-34-38(43)35-51-54(47,48)52-37-39(53-42(46)33-30-27-24-21-18-15-12-9-6-3)36-50-41(45)32-29-26-23-20-17-14-11-8-5-2/h38-39,43H,4-37H2,1-3H3,(H,47,48)/p-1/t38-,39+/m0/s1. The molecule has 0 bridgehead atoms. The van der Waals surface area contributed by atoms with E-state index in [2.05, 4.69) is 20.8 Å². The second kappa shape index (κ2) is 38.4. The van der Waals surface area contributed by atoms with Gasteiger partial charge in [0, 0.05) is 19.3 Å². The number of aliphatic hydroxyl groups excluding tert-OH is 1. The lowest BCUT2D eigenvalue weighted by atomic mass is 10.1. The first-order valence-electron chi connectivity index (χ1n) is 21.9. The van der Waals surface area contributed by atoms with Crippen molar-refractivity contribution in [1.29, 1.82) is 0 Å². The molecule has 0 saturated heterocycles. The molecule has 3 atom stereocenters. The van der Waals surface area contributed by atoms with Crippen LogP contribution in [0.4, 0.5) is 0 Å². The minimum Gasteiger partial charge on any atom is -0.756 e. The van der Waals surface area contributed by atoms with Gasteiger partial charge < -0.3 is 33.3 Å². The van der Waals surface area contributed by atoms with Gasteiger partial charge in [0.2, 0.25) is 0 Å². The Morgan fingerprint density at radius 2 is 0.778 bits per heavy atom. The first-order chi connectivity index (χ1) is 26.1. The highest BCUT2D eigenvalue weighted by atomic mass is 31.2. The lowest BCUT2D eigenvalue weighted by Gasteiger charge is -2.26. The summed E-state index contributed by atoms with van der Waals surface area (Å²) in [4.78, 5) is 49.5. The van der Waals surface area contributed by atoms with Crippen LogP contribution < -0.4 is 4.89 Å². The molecule has 0 radical (unpaired) electrons. The summed E-state index contributed by atoms with van der Waals surface area (Å²) in [7, 11) is -4.94. The van der Waals surface area contributed by atoms with E-state index in [0.717, 1.165) is 57.8 Å². The second-order valence-corrected chi connectivity index (χ2v) is 16.3. The fraction of sp³-hybridized carbons (Fsp3) is 0.929. The van der Waals surface area contributed by atoms with E-state index in [4.69, 9.17) is 23.3 Å². The third kappa shape index (κ3) is 37.4. The predicted molar refractivity (Wildman–Crippen MR) is 213 cm³/mol. The smallest absolute Gasteiger partial charge is 0.306 e. The highest BCUT2D eigenvalue weighted by molar-refractivity contribution is 7.45. The lowest BCUT2D eigenvalue weighted by Crippen LogP contribution is -2.31. The molecule has 1 N–H and O–H groups in total. The quantitative estimate of drug-likeness (QED) is 0.0272. The molecule has 11 nitrogen and oxygen atoms in total. The number of rotatable bonds is 41. The largest absolute Gasteiger partial charge is 0.756 e. The number of ether oxygens (including phenoxy) is 3. The number of unbranched alkanes of at least 4 members (excludes halogenated alkanes) is 24. The Kier molecular flexibility index (Phi) is 37.3. The van der Waals surface area contributed by atoms with E-state index < -0.39 is 57.8 Å². The molecule has 0 aliphatic carbocycles. The van der Waals surface area contributed by atoms with Crippen molar-refractivity contribution in [3.05, 3.63) is 0 Å². The molecule has 0 aromatic heterocycles. The first kappa shape index (κ1) is 52.5. The zero-order valence-electron chi connectivity index (χ0n) is 34.7. The number of aliphatic hydroxyl groups is 1. The Bertz CT molecular complexity index is 932. The summed E-state index contributed by atoms with van der Waals surface area (Å²) in [6.45, 7) is 4.54. The molecule has 0 amide bonds. The summed E-state index contributed by atoms with van der Waals surface area (Å²) >= 11 is 0. The monoisotopic (exact) mass is 792 g/mol. The first-order valence-corrected chi connectivity index (χ1v) is 23.4. The molecule has 1 unspecified atom stereocenters. The number of carbonyl (C=O) groups is 3. The number of esters is 3. The molecule has 0 fully saturated rings. The molecular weight excluding hydrogens is 711 g/mol. The van der Waals surface area contributed by atoms with Gasteiger partial charge in [-0.3, -0.25) is 18.9 Å². The maximum absolute atomic E-state index is 12.6. The minimum absolute atomic E-state index is 0.161. The van der Waals surface area contributed by atoms with Crippen LogP contribution in [0, 0.1) is 0 Å². The average molecular weight is 792 g/mol. The molecular formula is C42H80O11P-. The van der Waals surface area contributed by atoms with Crippen molar-refractivity contribution < 1.29 is 52.2 Å². The van der Waals surface area contributed by atoms with Gasteiger partial charge in [0.1, 0.15) is 19.3 Å². The molecule has 0 aromatic rings. The number of phosphoric ester groups is 1. The second-order valence-electron chi connectivity index (χ2n) is 14.9. The molecule has 320 valence electrons. The molecule has 0 saturated carbocycles. The van der Waals surface area contributed by atoms with Crippen LogP contribution >= 0.6 is 7.82 Å². The van der Waals surface area contributed by atoms with Gasteiger partial charge in [0.05, 0.1) is 13.2 Å². The third-order valence-electron chi connectivity index (χ3n) is 9.46. The molecule has 0 spiro atoms. The molecule has 0 aliphatic rings. The third-order valence-corrected chi connectivity index (χ3v) is 10.4. The van der Waals surface area contributed by atoms with Gasteiger partial charge in [0.25, 0.3) is 7.82 Å². The highest BCUT2D eigenvalue weighted by Gasteiger charge is 2.22. The molecule has 0 aliphatic heterocycles. The van der Waals surface area contributed by atoms with Gasteiger partial charge in [-0.2, -0.15) is 0 Å². The predicted octanol–water partition coefficient (Wildman–Crippen LogP) is 10.6. The Labute approximate surface area is 329 Å². The van der Waals surface area contributed by atoms with Crippen molar-refractivity contribution in [1.82, 2.24) is 0 Å². The van der Waals surface area contributed by atoms with Crippen molar-refractivity contribution >= 4 is 25.7 Å². The molecule has 0 aromatic carbocycles. The van der Waals surface area contributed by atoms with Gasteiger partial charge in [-0.1, -0.05) is 175 Å². The topological polar surface area (TPSA) is 158 Å². The average Bonchev–Trinajstić information content (AvgIpc) is 3.15. The van der Waals surface area contributed by atoms with Gasteiger partial charge in [-0.25, -0.2) is 0 Å². The summed E-state index contributed by atoms with van der Waals surface area (Å²) in [5.41, 5.74) is 0. The van der Waals surface area contributed by atoms with Crippen LogP contribution in [0.5, 0.6) is 0 Å². The molecule has 0 rings (SSSR count). The molecule has 54 heavy (non-hydrogen) atoms. The summed E-state index contributed by atoms with van der Waals surface area (Å²) < 4.78 is 38.1. The van der Waals surface area contributed by atoms with Crippen molar-refractivity contribution in [2.24, 2.45) is 0 Å². The highest BCUT2D eigenvalue weighted by Crippen LogP contribution is 2.38. The van der Waals surface area contributed by atoms with Crippen molar-refractivity contribution in [2.75, 3.05) is 26.4 Å². The van der Waals surface area contributed by atoms with E-state index in [9.17, 15) is 28.9 Å². The zero-order valence-corrected chi connectivity index (χ0v) is 35.6. The van der Waals surface area contributed by atoms with Crippen LogP contribution in [-0.2, 0) is 42.2 Å².